The van der Waals surface area contributed by atoms with E-state index in [9.17, 15) is 13.2 Å². The van der Waals surface area contributed by atoms with Gasteiger partial charge in [-0.05, 0) is 35.9 Å². The largest absolute Gasteiger partial charge is 0.346 e. The molecule has 1 aliphatic heterocycles. The molecule has 1 heterocycles. The fraction of sp³-hybridized carbons (Fsp3) is 0.286. The van der Waals surface area contributed by atoms with Gasteiger partial charge in [-0.25, -0.2) is 8.42 Å². The molecule has 0 radical (unpaired) electrons. The van der Waals surface area contributed by atoms with Crippen molar-refractivity contribution >= 4 is 27.7 Å². The Balaban J connectivity index is 1.51. The van der Waals surface area contributed by atoms with E-state index in [1.165, 1.54) is 36.9 Å². The van der Waals surface area contributed by atoms with Gasteiger partial charge in [-0.3, -0.25) is 9.52 Å². The lowest BCUT2D eigenvalue weighted by Gasteiger charge is -2.12. The van der Waals surface area contributed by atoms with Gasteiger partial charge in [0.25, 0.3) is 15.9 Å². The molecule has 0 unspecified atom stereocenters. The Hall–Kier alpha value is -2.64. The average molecular weight is 401 g/mol. The molecule has 1 fully saturated rings. The van der Waals surface area contributed by atoms with Gasteiger partial charge in [-0.1, -0.05) is 30.3 Å². The Kier molecular flexibility index (Phi) is 6.84. The molecular formula is C21H26N3O3S+. The monoisotopic (exact) mass is 400 g/mol. The van der Waals surface area contributed by atoms with Crippen LogP contribution in [0.3, 0.4) is 0 Å². The van der Waals surface area contributed by atoms with E-state index in [2.05, 4.69) is 10.0 Å². The van der Waals surface area contributed by atoms with Crippen LogP contribution >= 0.6 is 0 Å². The third kappa shape index (κ3) is 6.21. The summed E-state index contributed by atoms with van der Waals surface area (Å²) < 4.78 is 26.8. The van der Waals surface area contributed by atoms with E-state index >= 15 is 0 Å². The second kappa shape index (κ2) is 9.52. The third-order valence-electron chi connectivity index (χ3n) is 4.72. The summed E-state index contributed by atoms with van der Waals surface area (Å²) in [6, 6.07) is 15.6. The number of nitrogens with one attached hydrogen (secondary N) is 3. The van der Waals surface area contributed by atoms with Gasteiger partial charge in [0.15, 0.2) is 0 Å². The second-order valence-corrected chi connectivity index (χ2v) is 8.47. The van der Waals surface area contributed by atoms with Crippen molar-refractivity contribution in [2.75, 3.05) is 30.9 Å². The van der Waals surface area contributed by atoms with Gasteiger partial charge < -0.3 is 10.2 Å². The molecule has 1 saturated heterocycles. The van der Waals surface area contributed by atoms with Crippen molar-refractivity contribution < 1.29 is 18.1 Å². The molecule has 0 spiro atoms. The molecule has 0 atom stereocenters. The predicted octanol–water partition coefficient (Wildman–Crippen LogP) is 1.51. The summed E-state index contributed by atoms with van der Waals surface area (Å²) in [5, 5.41) is 4.05. The minimum Gasteiger partial charge on any atom is -0.346 e. The van der Waals surface area contributed by atoms with Crippen LogP contribution in [0.25, 0.3) is 6.08 Å². The molecule has 2 aromatic carbocycles. The minimum atomic E-state index is -3.62. The lowest BCUT2D eigenvalue weighted by Crippen LogP contribution is -3.10. The zero-order chi connectivity index (χ0) is 19.8. The number of hydrogen-bond donors (Lipinski definition) is 3. The summed E-state index contributed by atoms with van der Waals surface area (Å²) in [6.45, 7) is 3.96. The van der Waals surface area contributed by atoms with Crippen molar-refractivity contribution in [3.05, 3.63) is 71.1 Å². The molecule has 3 N–H and O–H groups in total. The number of likely N-dealkylation sites (tertiary alicyclic amines) is 1. The van der Waals surface area contributed by atoms with E-state index < -0.39 is 10.0 Å². The van der Waals surface area contributed by atoms with E-state index in [1.54, 1.807) is 24.3 Å². The van der Waals surface area contributed by atoms with Crippen molar-refractivity contribution in [1.82, 2.24) is 5.32 Å². The predicted molar refractivity (Wildman–Crippen MR) is 112 cm³/mol. The highest BCUT2D eigenvalue weighted by atomic mass is 32.2. The fourth-order valence-electron chi connectivity index (χ4n) is 3.20. The maximum atomic E-state index is 12.2. The molecule has 2 aromatic rings. The van der Waals surface area contributed by atoms with Gasteiger partial charge in [-0.15, -0.1) is 0 Å². The maximum absolute atomic E-state index is 12.2. The molecule has 0 aliphatic carbocycles. The second-order valence-electron chi connectivity index (χ2n) is 6.90. The molecule has 1 aliphatic rings. The lowest BCUT2D eigenvalue weighted by atomic mass is 10.2. The number of carbonyl (C=O) groups is 1. The van der Waals surface area contributed by atoms with Crippen LogP contribution in [0.5, 0.6) is 0 Å². The Morgan fingerprint density at radius 1 is 1.00 bits per heavy atom. The number of amides is 1. The van der Waals surface area contributed by atoms with Crippen LogP contribution in [-0.4, -0.2) is 40.5 Å². The molecule has 0 saturated carbocycles. The van der Waals surface area contributed by atoms with Crippen molar-refractivity contribution in [2.24, 2.45) is 0 Å². The van der Waals surface area contributed by atoms with Crippen LogP contribution in [0.15, 0.2) is 60.0 Å². The first-order chi connectivity index (χ1) is 13.5. The highest BCUT2D eigenvalue weighted by molar-refractivity contribution is 7.95. The van der Waals surface area contributed by atoms with Crippen LogP contribution in [0.2, 0.25) is 0 Å². The molecule has 7 heteroatoms. The van der Waals surface area contributed by atoms with E-state index in [0.717, 1.165) is 17.5 Å². The fourth-order valence-corrected chi connectivity index (χ4v) is 4.07. The van der Waals surface area contributed by atoms with E-state index in [1.807, 2.05) is 30.3 Å². The molecular weight excluding hydrogens is 374 g/mol. The number of hydrogen-bond acceptors (Lipinski definition) is 3. The molecule has 6 nitrogen and oxygen atoms in total. The van der Waals surface area contributed by atoms with Gasteiger partial charge in [0.2, 0.25) is 0 Å². The molecule has 0 aromatic heterocycles. The Labute approximate surface area is 166 Å². The van der Waals surface area contributed by atoms with Gasteiger partial charge >= 0.3 is 0 Å². The number of quaternary nitrogens is 1. The normalized spacial score (nSPS) is 15.0. The van der Waals surface area contributed by atoms with Crippen LogP contribution < -0.4 is 14.9 Å². The van der Waals surface area contributed by atoms with Crippen LogP contribution in [-0.2, 0) is 10.0 Å². The minimum absolute atomic E-state index is 0.142. The summed E-state index contributed by atoms with van der Waals surface area (Å²) in [5.74, 6) is -0.142. The first-order valence-electron chi connectivity index (χ1n) is 9.50. The van der Waals surface area contributed by atoms with Gasteiger partial charge in [-0.2, -0.15) is 0 Å². The topological polar surface area (TPSA) is 79.7 Å². The molecule has 3 rings (SSSR count). The average Bonchev–Trinajstić information content (AvgIpc) is 3.21. The first kappa shape index (κ1) is 20.1. The molecule has 28 heavy (non-hydrogen) atoms. The van der Waals surface area contributed by atoms with Crippen LogP contribution in [0.4, 0.5) is 5.69 Å². The Morgan fingerprint density at radius 2 is 1.68 bits per heavy atom. The molecule has 1 amide bonds. The van der Waals surface area contributed by atoms with Crippen molar-refractivity contribution in [1.29, 1.82) is 0 Å². The Morgan fingerprint density at radius 3 is 2.36 bits per heavy atom. The summed E-state index contributed by atoms with van der Waals surface area (Å²) in [5.41, 5.74) is 1.73. The first-order valence-corrected chi connectivity index (χ1v) is 11.0. The molecule has 0 bridgehead atoms. The van der Waals surface area contributed by atoms with Crippen LogP contribution in [0, 0.1) is 0 Å². The van der Waals surface area contributed by atoms with Gasteiger partial charge in [0.1, 0.15) is 0 Å². The number of rotatable bonds is 8. The van der Waals surface area contributed by atoms with Crippen molar-refractivity contribution in [3.63, 3.8) is 0 Å². The lowest BCUT2D eigenvalue weighted by molar-refractivity contribution is -0.886. The molecule has 148 valence electrons. The quantitative estimate of drug-likeness (QED) is 0.628. The SMILES string of the molecule is O=C(NCC[NH+]1CCCC1)c1ccc(NS(=O)(=O)/C=C/c2ccccc2)cc1. The maximum Gasteiger partial charge on any atom is 0.255 e. The van der Waals surface area contributed by atoms with Crippen LogP contribution in [0.1, 0.15) is 28.8 Å². The van der Waals surface area contributed by atoms with Crippen molar-refractivity contribution in [3.8, 4) is 0 Å². The number of carbonyl (C=O) groups excluding carboxylic acids is 1. The van der Waals surface area contributed by atoms with E-state index in [4.69, 9.17) is 0 Å². The summed E-state index contributed by atoms with van der Waals surface area (Å²) >= 11 is 0. The highest BCUT2D eigenvalue weighted by Crippen LogP contribution is 2.13. The summed E-state index contributed by atoms with van der Waals surface area (Å²) in [6.07, 6.45) is 4.06. The highest BCUT2D eigenvalue weighted by Gasteiger charge is 2.15. The standard InChI is InChI=1S/C21H25N3O3S/c25-21(22-13-16-24-14-4-5-15-24)19-8-10-20(11-9-19)23-28(26,27)17-12-18-6-2-1-3-7-18/h1-3,6-12,17,23H,4-5,13-16H2,(H,22,25)/p+1/b17-12+. The zero-order valence-corrected chi connectivity index (χ0v) is 16.5. The number of benzene rings is 2. The van der Waals surface area contributed by atoms with Gasteiger partial charge in [0.05, 0.1) is 31.6 Å². The smallest absolute Gasteiger partial charge is 0.255 e. The summed E-state index contributed by atoms with van der Waals surface area (Å²) in [4.78, 5) is 13.7. The Bertz CT molecular complexity index is 904. The number of sulfonamides is 1. The zero-order valence-electron chi connectivity index (χ0n) is 15.7. The van der Waals surface area contributed by atoms with E-state index in [0.29, 0.717) is 17.8 Å². The summed E-state index contributed by atoms with van der Waals surface area (Å²) in [7, 11) is -3.62. The third-order valence-corrected chi connectivity index (χ3v) is 5.74. The number of anilines is 1. The van der Waals surface area contributed by atoms with Gasteiger partial charge in [0, 0.05) is 24.1 Å². The van der Waals surface area contributed by atoms with E-state index in [-0.39, 0.29) is 5.91 Å². The van der Waals surface area contributed by atoms with Crippen molar-refractivity contribution in [2.45, 2.75) is 12.8 Å².